The smallest absolute Gasteiger partial charge is 0.255 e. The van der Waals surface area contributed by atoms with Gasteiger partial charge in [-0.05, 0) is 68.7 Å². The topological polar surface area (TPSA) is 59.8 Å². The Morgan fingerprint density at radius 3 is 2.48 bits per heavy atom. The van der Waals surface area contributed by atoms with E-state index in [0.29, 0.717) is 17.4 Å². The van der Waals surface area contributed by atoms with Crippen LogP contribution in [0.3, 0.4) is 0 Å². The third kappa shape index (κ3) is 2.75. The fourth-order valence-corrected chi connectivity index (χ4v) is 5.98. The number of nitrogens with zero attached hydrogens (tertiary/aromatic N) is 3. The van der Waals surface area contributed by atoms with E-state index in [1.54, 1.807) is 0 Å². The number of aryl methyl sites for hydroxylation is 1. The summed E-state index contributed by atoms with van der Waals surface area (Å²) in [5, 5.41) is 5.45. The SMILES string of the molecule is CCn1c2ccccc2c2cc(NC(=O)c3ccc4nc5c(nc4c3)C3CCC5C3)ccc21. The average Bonchev–Trinajstić information content (AvgIpc) is 3.54. The van der Waals surface area contributed by atoms with E-state index in [0.717, 1.165) is 34.3 Å². The van der Waals surface area contributed by atoms with Gasteiger partial charge in [0.2, 0.25) is 0 Å². The molecule has 2 aliphatic carbocycles. The fraction of sp³-hybridized carbons (Fsp3) is 0.250. The first-order valence-electron chi connectivity index (χ1n) is 11.8. The zero-order chi connectivity index (χ0) is 22.1. The summed E-state index contributed by atoms with van der Waals surface area (Å²) in [6.07, 6.45) is 3.64. The summed E-state index contributed by atoms with van der Waals surface area (Å²) in [7, 11) is 0. The molecule has 2 aromatic heterocycles. The van der Waals surface area contributed by atoms with Gasteiger partial charge in [0.1, 0.15) is 0 Å². The number of rotatable bonds is 3. The minimum atomic E-state index is -0.126. The molecule has 0 spiro atoms. The lowest BCUT2D eigenvalue weighted by molar-refractivity contribution is 0.102. The molecule has 2 heterocycles. The molecule has 0 aliphatic heterocycles. The van der Waals surface area contributed by atoms with E-state index >= 15 is 0 Å². The van der Waals surface area contributed by atoms with Gasteiger partial charge in [0.25, 0.3) is 5.91 Å². The molecule has 2 bridgehead atoms. The molecule has 2 aliphatic rings. The van der Waals surface area contributed by atoms with Crippen molar-refractivity contribution in [3.8, 4) is 0 Å². The van der Waals surface area contributed by atoms with Crippen LogP contribution in [0.1, 0.15) is 59.8 Å². The summed E-state index contributed by atoms with van der Waals surface area (Å²) in [6.45, 7) is 3.06. The Labute approximate surface area is 191 Å². The number of amides is 1. The zero-order valence-corrected chi connectivity index (χ0v) is 18.5. The second-order valence-corrected chi connectivity index (χ2v) is 9.35. The Bertz CT molecular complexity index is 1600. The maximum Gasteiger partial charge on any atom is 0.255 e. The highest BCUT2D eigenvalue weighted by Crippen LogP contribution is 2.51. The van der Waals surface area contributed by atoms with Gasteiger partial charge in [-0.1, -0.05) is 18.2 Å². The summed E-state index contributed by atoms with van der Waals surface area (Å²) in [4.78, 5) is 22.9. The lowest BCUT2D eigenvalue weighted by Crippen LogP contribution is -2.12. The highest BCUT2D eigenvalue weighted by atomic mass is 16.1. The van der Waals surface area contributed by atoms with Crippen LogP contribution >= 0.6 is 0 Å². The molecule has 5 nitrogen and oxygen atoms in total. The van der Waals surface area contributed by atoms with Gasteiger partial charge in [-0.3, -0.25) is 4.79 Å². The van der Waals surface area contributed by atoms with E-state index < -0.39 is 0 Å². The fourth-order valence-electron chi connectivity index (χ4n) is 5.98. The van der Waals surface area contributed by atoms with Crippen LogP contribution in [0.25, 0.3) is 32.8 Å². The van der Waals surface area contributed by atoms with Gasteiger partial charge < -0.3 is 9.88 Å². The lowest BCUT2D eigenvalue weighted by Gasteiger charge is -2.14. The first-order chi connectivity index (χ1) is 16.2. The summed E-state index contributed by atoms with van der Waals surface area (Å²) in [5.74, 6) is 1.01. The van der Waals surface area contributed by atoms with Crippen molar-refractivity contribution in [2.75, 3.05) is 5.32 Å². The highest BCUT2D eigenvalue weighted by molar-refractivity contribution is 6.11. The third-order valence-electron chi connectivity index (χ3n) is 7.53. The molecular formula is C28H24N4O. The highest BCUT2D eigenvalue weighted by Gasteiger charge is 2.39. The van der Waals surface area contributed by atoms with E-state index in [2.05, 4.69) is 53.2 Å². The molecule has 1 saturated carbocycles. The van der Waals surface area contributed by atoms with Crippen molar-refractivity contribution in [1.82, 2.24) is 14.5 Å². The predicted molar refractivity (Wildman–Crippen MR) is 132 cm³/mol. The van der Waals surface area contributed by atoms with Gasteiger partial charge in [-0.2, -0.15) is 0 Å². The van der Waals surface area contributed by atoms with Crippen LogP contribution < -0.4 is 5.32 Å². The second-order valence-electron chi connectivity index (χ2n) is 9.35. The van der Waals surface area contributed by atoms with Crippen LogP contribution in [0.4, 0.5) is 5.69 Å². The minimum Gasteiger partial charge on any atom is -0.341 e. The molecule has 33 heavy (non-hydrogen) atoms. The van der Waals surface area contributed by atoms with Gasteiger partial charge in [-0.15, -0.1) is 0 Å². The number of para-hydroxylation sites is 1. The quantitative estimate of drug-likeness (QED) is 0.360. The number of fused-ring (bicyclic) bond motifs is 9. The van der Waals surface area contributed by atoms with Gasteiger partial charge >= 0.3 is 0 Å². The van der Waals surface area contributed by atoms with Crippen molar-refractivity contribution in [3.05, 3.63) is 77.6 Å². The van der Waals surface area contributed by atoms with E-state index in [-0.39, 0.29) is 5.91 Å². The van der Waals surface area contributed by atoms with Crippen molar-refractivity contribution in [1.29, 1.82) is 0 Å². The monoisotopic (exact) mass is 432 g/mol. The van der Waals surface area contributed by atoms with E-state index in [1.165, 1.54) is 41.4 Å². The number of nitrogens with one attached hydrogen (secondary N) is 1. The molecule has 5 heteroatoms. The van der Waals surface area contributed by atoms with Gasteiger partial charge in [0.05, 0.1) is 22.4 Å². The number of aromatic nitrogens is 3. The lowest BCUT2D eigenvalue weighted by atomic mass is 10.00. The average molecular weight is 433 g/mol. The van der Waals surface area contributed by atoms with Gasteiger partial charge in [-0.25, -0.2) is 9.97 Å². The van der Waals surface area contributed by atoms with Crippen molar-refractivity contribution >= 4 is 44.4 Å². The Morgan fingerprint density at radius 2 is 1.67 bits per heavy atom. The number of hydrogen-bond acceptors (Lipinski definition) is 3. The third-order valence-corrected chi connectivity index (χ3v) is 7.53. The number of hydrogen-bond donors (Lipinski definition) is 1. The molecule has 0 saturated heterocycles. The molecule has 3 aromatic carbocycles. The molecule has 1 fully saturated rings. The Balaban J connectivity index is 1.24. The Hall–Kier alpha value is -3.73. The standard InChI is InChI=1S/C28H24N4O/c1-2-32-24-6-4-3-5-20(24)21-15-19(10-12-25(21)32)29-28(33)18-9-11-22-23(14-18)31-27-17-8-7-16(13-17)26(27)30-22/h3-6,9-12,14-17H,2,7-8,13H2,1H3,(H,29,33). The molecule has 2 atom stereocenters. The summed E-state index contributed by atoms with van der Waals surface area (Å²) in [6, 6.07) is 20.2. The minimum absolute atomic E-state index is 0.126. The van der Waals surface area contributed by atoms with Crippen molar-refractivity contribution < 1.29 is 4.79 Å². The summed E-state index contributed by atoms with van der Waals surface area (Å²) in [5.41, 5.74) is 7.85. The second kappa shape index (κ2) is 6.88. The van der Waals surface area contributed by atoms with Crippen LogP contribution in [0.15, 0.2) is 60.7 Å². The maximum absolute atomic E-state index is 13.1. The number of carbonyl (C=O) groups is 1. The summed E-state index contributed by atoms with van der Waals surface area (Å²) < 4.78 is 2.31. The molecule has 162 valence electrons. The van der Waals surface area contributed by atoms with E-state index in [1.807, 2.05) is 24.3 Å². The molecule has 5 aromatic rings. The van der Waals surface area contributed by atoms with Crippen molar-refractivity contribution in [2.24, 2.45) is 0 Å². The molecular weight excluding hydrogens is 408 g/mol. The van der Waals surface area contributed by atoms with E-state index in [9.17, 15) is 4.79 Å². The van der Waals surface area contributed by atoms with Crippen LogP contribution in [-0.2, 0) is 6.54 Å². The first kappa shape index (κ1) is 18.8. The normalized spacial score (nSPS) is 18.9. The number of anilines is 1. The molecule has 1 amide bonds. The number of carbonyl (C=O) groups excluding carboxylic acids is 1. The molecule has 7 rings (SSSR count). The van der Waals surface area contributed by atoms with Crippen LogP contribution in [-0.4, -0.2) is 20.4 Å². The van der Waals surface area contributed by atoms with Crippen molar-refractivity contribution in [3.63, 3.8) is 0 Å². The van der Waals surface area contributed by atoms with Crippen LogP contribution in [0.5, 0.6) is 0 Å². The Morgan fingerprint density at radius 1 is 0.909 bits per heavy atom. The predicted octanol–water partition coefficient (Wildman–Crippen LogP) is 6.37. The Kier molecular flexibility index (Phi) is 3.92. The molecule has 0 radical (unpaired) electrons. The summed E-state index contributed by atoms with van der Waals surface area (Å²) >= 11 is 0. The van der Waals surface area contributed by atoms with Crippen molar-refractivity contribution in [2.45, 2.75) is 44.6 Å². The van der Waals surface area contributed by atoms with Gasteiger partial charge in [0.15, 0.2) is 0 Å². The van der Waals surface area contributed by atoms with Crippen LogP contribution in [0, 0.1) is 0 Å². The van der Waals surface area contributed by atoms with Gasteiger partial charge in [0, 0.05) is 51.4 Å². The zero-order valence-electron chi connectivity index (χ0n) is 18.5. The molecule has 2 unspecified atom stereocenters. The van der Waals surface area contributed by atoms with Crippen LogP contribution in [0.2, 0.25) is 0 Å². The number of benzene rings is 3. The van der Waals surface area contributed by atoms with E-state index in [4.69, 9.17) is 9.97 Å². The first-order valence-corrected chi connectivity index (χ1v) is 11.8. The molecule has 1 N–H and O–H groups in total. The maximum atomic E-state index is 13.1. The largest absolute Gasteiger partial charge is 0.341 e.